The fraction of sp³-hybridized carbons (Fsp3) is 0.647. The summed E-state index contributed by atoms with van der Waals surface area (Å²) in [4.78, 5) is 18.5. The molecule has 1 aliphatic rings. The Bertz CT molecular complexity index is 498. The van der Waals surface area contributed by atoms with Gasteiger partial charge in [-0.05, 0) is 51.8 Å². The lowest BCUT2D eigenvalue weighted by Gasteiger charge is -2.47. The van der Waals surface area contributed by atoms with Gasteiger partial charge in [0.2, 0.25) is 0 Å². The molecule has 0 aliphatic carbocycles. The highest BCUT2D eigenvalue weighted by Crippen LogP contribution is 2.28. The van der Waals surface area contributed by atoms with Crippen LogP contribution in [0.2, 0.25) is 0 Å². The summed E-state index contributed by atoms with van der Waals surface area (Å²) in [5.41, 5.74) is 0.409. The normalized spacial score (nSPS) is 21.2. The zero-order valence-electron chi connectivity index (χ0n) is 14.2. The molecule has 0 radical (unpaired) electrons. The molecule has 2 rings (SSSR count). The Morgan fingerprint density at radius 1 is 1.27 bits per heavy atom. The van der Waals surface area contributed by atoms with Crippen LogP contribution in [0.3, 0.4) is 0 Å². The van der Waals surface area contributed by atoms with Crippen molar-refractivity contribution < 1.29 is 9.53 Å². The van der Waals surface area contributed by atoms with Gasteiger partial charge in [-0.15, -0.1) is 0 Å². The van der Waals surface area contributed by atoms with E-state index in [2.05, 4.69) is 17.2 Å². The van der Waals surface area contributed by atoms with Gasteiger partial charge in [0, 0.05) is 12.4 Å². The molecule has 1 aromatic rings. The van der Waals surface area contributed by atoms with Gasteiger partial charge in [-0.3, -0.25) is 4.98 Å². The van der Waals surface area contributed by atoms with Crippen molar-refractivity contribution in [3.05, 3.63) is 30.1 Å². The summed E-state index contributed by atoms with van der Waals surface area (Å²) in [6.45, 7) is 11.3. The Kier molecular flexibility index (Phi) is 4.75. The van der Waals surface area contributed by atoms with Crippen molar-refractivity contribution in [2.45, 2.75) is 58.3 Å². The molecule has 0 aromatic carbocycles. The number of carbonyl (C=O) groups is 1. The average Bonchev–Trinajstić information content (AvgIpc) is 2.42. The molecule has 1 aromatic heterocycles. The smallest absolute Gasteiger partial charge is 0.318 e. The number of hydrogen-bond acceptors (Lipinski definition) is 3. The van der Waals surface area contributed by atoms with Crippen LogP contribution in [0.5, 0.6) is 0 Å². The fourth-order valence-corrected chi connectivity index (χ4v) is 3.19. The SMILES string of the molecule is CC[C@H](NC(=O)N1CC(C)(C)OC(C)(C)C1)c1ccncc1. The van der Waals surface area contributed by atoms with Gasteiger partial charge in [0.1, 0.15) is 0 Å². The average molecular weight is 305 g/mol. The zero-order chi connectivity index (χ0) is 16.4. The molecule has 2 heterocycles. The van der Waals surface area contributed by atoms with Crippen molar-refractivity contribution in [1.82, 2.24) is 15.2 Å². The summed E-state index contributed by atoms with van der Waals surface area (Å²) in [7, 11) is 0. The van der Waals surface area contributed by atoms with E-state index < -0.39 is 0 Å². The second-order valence-electron chi connectivity index (χ2n) is 7.17. The Labute approximate surface area is 133 Å². The van der Waals surface area contributed by atoms with E-state index in [4.69, 9.17) is 4.74 Å². The van der Waals surface area contributed by atoms with E-state index in [1.54, 1.807) is 12.4 Å². The first-order valence-electron chi connectivity index (χ1n) is 7.88. The molecule has 1 atom stereocenters. The molecule has 1 fully saturated rings. The van der Waals surface area contributed by atoms with E-state index in [0.717, 1.165) is 12.0 Å². The van der Waals surface area contributed by atoms with Gasteiger partial charge in [0.05, 0.1) is 30.3 Å². The molecular formula is C17H27N3O2. The van der Waals surface area contributed by atoms with E-state index >= 15 is 0 Å². The third kappa shape index (κ3) is 4.19. The summed E-state index contributed by atoms with van der Waals surface area (Å²) in [5.74, 6) is 0. The van der Waals surface area contributed by atoms with Gasteiger partial charge < -0.3 is 15.0 Å². The zero-order valence-corrected chi connectivity index (χ0v) is 14.2. The van der Waals surface area contributed by atoms with Crippen LogP contribution in [-0.4, -0.2) is 40.2 Å². The third-order valence-corrected chi connectivity index (χ3v) is 3.80. The predicted octanol–water partition coefficient (Wildman–Crippen LogP) is 3.13. The van der Waals surface area contributed by atoms with Gasteiger partial charge in [-0.2, -0.15) is 0 Å². The second-order valence-corrected chi connectivity index (χ2v) is 7.17. The number of hydrogen-bond donors (Lipinski definition) is 1. The molecule has 0 unspecified atom stereocenters. The van der Waals surface area contributed by atoms with Crippen LogP contribution in [-0.2, 0) is 4.74 Å². The monoisotopic (exact) mass is 305 g/mol. The molecule has 5 nitrogen and oxygen atoms in total. The molecule has 122 valence electrons. The van der Waals surface area contributed by atoms with Crippen molar-refractivity contribution in [1.29, 1.82) is 0 Å². The van der Waals surface area contributed by atoms with Crippen LogP contribution in [0.25, 0.3) is 0 Å². The van der Waals surface area contributed by atoms with Gasteiger partial charge >= 0.3 is 6.03 Å². The van der Waals surface area contributed by atoms with Crippen LogP contribution >= 0.6 is 0 Å². The van der Waals surface area contributed by atoms with E-state index in [1.807, 2.05) is 44.7 Å². The van der Waals surface area contributed by atoms with Crippen molar-refractivity contribution in [3.63, 3.8) is 0 Å². The first-order chi connectivity index (χ1) is 10.2. The lowest BCUT2D eigenvalue weighted by atomic mass is 9.99. The molecule has 0 bridgehead atoms. The van der Waals surface area contributed by atoms with Crippen molar-refractivity contribution in [2.24, 2.45) is 0 Å². The molecule has 2 amide bonds. The number of urea groups is 1. The molecule has 0 spiro atoms. The molecule has 1 aliphatic heterocycles. The highest BCUT2D eigenvalue weighted by molar-refractivity contribution is 5.75. The van der Waals surface area contributed by atoms with E-state index in [1.165, 1.54) is 0 Å². The minimum Gasteiger partial charge on any atom is -0.366 e. The number of morpholine rings is 1. The summed E-state index contributed by atoms with van der Waals surface area (Å²) in [6, 6.07) is 3.86. The number of carbonyl (C=O) groups excluding carboxylic acids is 1. The minimum atomic E-state index is -0.336. The molecular weight excluding hydrogens is 278 g/mol. The van der Waals surface area contributed by atoms with Gasteiger partial charge in [-0.1, -0.05) is 6.92 Å². The van der Waals surface area contributed by atoms with Crippen LogP contribution in [0.4, 0.5) is 4.79 Å². The Morgan fingerprint density at radius 2 is 1.82 bits per heavy atom. The van der Waals surface area contributed by atoms with Gasteiger partial charge in [0.25, 0.3) is 0 Å². The van der Waals surface area contributed by atoms with Crippen LogP contribution in [0.1, 0.15) is 52.6 Å². The number of amides is 2. The largest absolute Gasteiger partial charge is 0.366 e. The van der Waals surface area contributed by atoms with Crippen molar-refractivity contribution >= 4 is 6.03 Å². The van der Waals surface area contributed by atoms with Crippen LogP contribution < -0.4 is 5.32 Å². The molecule has 1 N–H and O–H groups in total. The first-order valence-corrected chi connectivity index (χ1v) is 7.88. The standard InChI is InChI=1S/C17H27N3O2/c1-6-14(13-7-9-18-10-8-13)19-15(21)20-11-16(2,3)22-17(4,5)12-20/h7-10,14H,6,11-12H2,1-5H3,(H,19,21)/t14-/m0/s1. The Balaban J connectivity index is 2.07. The summed E-state index contributed by atoms with van der Waals surface area (Å²) >= 11 is 0. The van der Waals surface area contributed by atoms with Gasteiger partial charge in [-0.25, -0.2) is 4.79 Å². The molecule has 22 heavy (non-hydrogen) atoms. The maximum absolute atomic E-state index is 12.7. The van der Waals surface area contributed by atoms with E-state index in [-0.39, 0.29) is 23.3 Å². The second kappa shape index (κ2) is 6.24. The molecule has 5 heteroatoms. The number of nitrogens with one attached hydrogen (secondary N) is 1. The van der Waals surface area contributed by atoms with Gasteiger partial charge in [0.15, 0.2) is 0 Å². The number of pyridine rings is 1. The van der Waals surface area contributed by atoms with Crippen molar-refractivity contribution in [2.75, 3.05) is 13.1 Å². The minimum absolute atomic E-state index is 0.00423. The van der Waals surface area contributed by atoms with E-state index in [9.17, 15) is 4.79 Å². The maximum Gasteiger partial charge on any atom is 0.318 e. The Hall–Kier alpha value is -1.62. The topological polar surface area (TPSA) is 54.5 Å². The summed E-state index contributed by atoms with van der Waals surface area (Å²) in [6.07, 6.45) is 4.35. The predicted molar refractivity (Wildman–Crippen MR) is 86.6 cm³/mol. The number of aromatic nitrogens is 1. The Morgan fingerprint density at radius 3 is 2.32 bits per heavy atom. The number of nitrogens with zero attached hydrogens (tertiary/aromatic N) is 2. The van der Waals surface area contributed by atoms with Crippen LogP contribution in [0, 0.1) is 0 Å². The van der Waals surface area contributed by atoms with Crippen molar-refractivity contribution in [3.8, 4) is 0 Å². The van der Waals surface area contributed by atoms with Crippen LogP contribution in [0.15, 0.2) is 24.5 Å². The first kappa shape index (κ1) is 16.7. The summed E-state index contributed by atoms with van der Waals surface area (Å²) < 4.78 is 6.03. The fourth-order valence-electron chi connectivity index (χ4n) is 3.19. The maximum atomic E-state index is 12.7. The summed E-state index contributed by atoms with van der Waals surface area (Å²) in [5, 5.41) is 3.13. The molecule has 1 saturated heterocycles. The lowest BCUT2D eigenvalue weighted by Crippen LogP contribution is -2.60. The number of ether oxygens (including phenoxy) is 1. The molecule has 0 saturated carbocycles. The quantitative estimate of drug-likeness (QED) is 0.933. The number of rotatable bonds is 3. The highest BCUT2D eigenvalue weighted by atomic mass is 16.5. The lowest BCUT2D eigenvalue weighted by molar-refractivity contribution is -0.170. The van der Waals surface area contributed by atoms with E-state index in [0.29, 0.717) is 13.1 Å². The highest BCUT2D eigenvalue weighted by Gasteiger charge is 2.40. The third-order valence-electron chi connectivity index (χ3n) is 3.80.